The van der Waals surface area contributed by atoms with Crippen molar-refractivity contribution in [3.05, 3.63) is 46.7 Å². The van der Waals surface area contributed by atoms with E-state index in [0.29, 0.717) is 19.6 Å². The number of ether oxygens (including phenoxy) is 1. The highest BCUT2D eigenvalue weighted by molar-refractivity contribution is 6.13. The topological polar surface area (TPSA) is 45.1 Å². The second kappa shape index (κ2) is 14.6. The molecule has 0 unspecified atom stereocenters. The zero-order chi connectivity index (χ0) is 27.6. The van der Waals surface area contributed by atoms with Gasteiger partial charge in [-0.25, -0.2) is 4.79 Å². The number of allylic oxidation sites excluding steroid dienone is 7. The van der Waals surface area contributed by atoms with E-state index in [4.69, 9.17) is 9.73 Å². The molecule has 0 aromatic rings. The number of nitrogens with zero attached hydrogens (tertiary/aromatic N) is 3. The molecule has 0 N–H and O–H groups in total. The van der Waals surface area contributed by atoms with Crippen LogP contribution in [0.15, 0.2) is 51.7 Å². The summed E-state index contributed by atoms with van der Waals surface area (Å²) in [5.74, 6) is 0.809. The van der Waals surface area contributed by atoms with Gasteiger partial charge in [0.1, 0.15) is 5.60 Å². The van der Waals surface area contributed by atoms with Crippen molar-refractivity contribution in [1.82, 2.24) is 9.80 Å². The van der Waals surface area contributed by atoms with Gasteiger partial charge in [0.2, 0.25) is 0 Å². The Labute approximate surface area is 227 Å². The Bertz CT molecular complexity index is 911. The SMILES string of the molecule is C/C=C\CN=C1C=C(CC2CCCCC2)C=C(C)/C1=C(/C)N1CCN(C(=O)OC(C)(C)C)C[C@@H]1C.CC. The summed E-state index contributed by atoms with van der Waals surface area (Å²) >= 11 is 0. The molecule has 5 heteroatoms. The Morgan fingerprint density at radius 3 is 2.41 bits per heavy atom. The summed E-state index contributed by atoms with van der Waals surface area (Å²) in [5.41, 5.74) is 5.86. The molecular formula is C32H53N3O2. The lowest BCUT2D eigenvalue weighted by Crippen LogP contribution is -2.54. The number of rotatable bonds is 5. The fourth-order valence-corrected chi connectivity index (χ4v) is 5.63. The molecule has 5 nitrogen and oxygen atoms in total. The molecule has 208 valence electrons. The molecule has 1 atom stereocenters. The zero-order valence-electron chi connectivity index (χ0n) is 25.2. The van der Waals surface area contributed by atoms with Crippen molar-refractivity contribution in [3.63, 3.8) is 0 Å². The largest absolute Gasteiger partial charge is 0.444 e. The van der Waals surface area contributed by atoms with E-state index in [0.717, 1.165) is 24.6 Å². The van der Waals surface area contributed by atoms with Crippen LogP contribution < -0.4 is 0 Å². The minimum atomic E-state index is -0.473. The van der Waals surface area contributed by atoms with Crippen molar-refractivity contribution in [2.45, 2.75) is 112 Å². The highest BCUT2D eigenvalue weighted by Gasteiger charge is 2.31. The monoisotopic (exact) mass is 511 g/mol. The van der Waals surface area contributed by atoms with Gasteiger partial charge in [-0.2, -0.15) is 0 Å². The van der Waals surface area contributed by atoms with Crippen LogP contribution in [0, 0.1) is 5.92 Å². The van der Waals surface area contributed by atoms with E-state index in [9.17, 15) is 4.79 Å². The zero-order valence-corrected chi connectivity index (χ0v) is 25.2. The predicted octanol–water partition coefficient (Wildman–Crippen LogP) is 8.10. The highest BCUT2D eigenvalue weighted by Crippen LogP contribution is 2.34. The molecule has 0 spiro atoms. The Morgan fingerprint density at radius 1 is 1.14 bits per heavy atom. The first-order valence-electron chi connectivity index (χ1n) is 14.6. The third kappa shape index (κ3) is 9.19. The lowest BCUT2D eigenvalue weighted by atomic mass is 9.81. The van der Waals surface area contributed by atoms with E-state index in [1.807, 2.05) is 46.4 Å². The summed E-state index contributed by atoms with van der Waals surface area (Å²) < 4.78 is 5.61. The van der Waals surface area contributed by atoms with Crippen LogP contribution >= 0.6 is 0 Å². The molecule has 0 aromatic carbocycles. The van der Waals surface area contributed by atoms with Gasteiger partial charge in [0.05, 0.1) is 12.3 Å². The summed E-state index contributed by atoms with van der Waals surface area (Å²) in [6.07, 6.45) is 16.7. The van der Waals surface area contributed by atoms with E-state index < -0.39 is 5.60 Å². The fraction of sp³-hybridized carbons (Fsp3) is 0.688. The third-order valence-electron chi connectivity index (χ3n) is 7.30. The summed E-state index contributed by atoms with van der Waals surface area (Å²) in [7, 11) is 0. The fourth-order valence-electron chi connectivity index (χ4n) is 5.63. The van der Waals surface area contributed by atoms with Crippen LogP contribution in [0.5, 0.6) is 0 Å². The Kier molecular flexibility index (Phi) is 12.2. The molecule has 0 radical (unpaired) electrons. The van der Waals surface area contributed by atoms with Gasteiger partial charge in [0.15, 0.2) is 0 Å². The van der Waals surface area contributed by atoms with Gasteiger partial charge in [-0.3, -0.25) is 4.99 Å². The van der Waals surface area contributed by atoms with Crippen LogP contribution in [0.4, 0.5) is 4.79 Å². The normalized spacial score (nSPS) is 23.9. The number of aliphatic imine (C=N–C) groups is 1. The van der Waals surface area contributed by atoms with E-state index >= 15 is 0 Å². The molecule has 2 fully saturated rings. The molecule has 1 heterocycles. The van der Waals surface area contributed by atoms with Crippen molar-refractivity contribution in [1.29, 1.82) is 0 Å². The summed E-state index contributed by atoms with van der Waals surface area (Å²) in [5, 5.41) is 0. The molecule has 1 aliphatic heterocycles. The van der Waals surface area contributed by atoms with Gasteiger partial charge < -0.3 is 14.5 Å². The number of piperazine rings is 1. The van der Waals surface area contributed by atoms with E-state index in [2.05, 4.69) is 50.0 Å². The van der Waals surface area contributed by atoms with Gasteiger partial charge in [-0.05, 0) is 78.0 Å². The maximum Gasteiger partial charge on any atom is 0.410 e. The van der Waals surface area contributed by atoms with E-state index in [1.165, 1.54) is 54.5 Å². The molecule has 3 rings (SSSR count). The van der Waals surface area contributed by atoms with Gasteiger partial charge in [-0.1, -0.05) is 64.2 Å². The Balaban J connectivity index is 0.00000235. The van der Waals surface area contributed by atoms with Gasteiger partial charge in [0, 0.05) is 36.9 Å². The predicted molar refractivity (Wildman–Crippen MR) is 158 cm³/mol. The first-order valence-corrected chi connectivity index (χ1v) is 14.6. The van der Waals surface area contributed by atoms with Crippen LogP contribution in [0.1, 0.15) is 101 Å². The minimum absolute atomic E-state index is 0.209. The van der Waals surface area contributed by atoms with Gasteiger partial charge in [0.25, 0.3) is 0 Å². The number of hydrogen-bond donors (Lipinski definition) is 0. The third-order valence-corrected chi connectivity index (χ3v) is 7.30. The maximum absolute atomic E-state index is 12.6. The lowest BCUT2D eigenvalue weighted by Gasteiger charge is -2.42. The van der Waals surface area contributed by atoms with Crippen LogP contribution in [-0.2, 0) is 4.74 Å². The molecule has 2 aliphatic carbocycles. The minimum Gasteiger partial charge on any atom is -0.444 e. The molecule has 1 saturated heterocycles. The van der Waals surface area contributed by atoms with Crippen molar-refractivity contribution in [2.75, 3.05) is 26.2 Å². The van der Waals surface area contributed by atoms with E-state index in [1.54, 1.807) is 0 Å². The average Bonchev–Trinajstić information content (AvgIpc) is 2.84. The summed E-state index contributed by atoms with van der Waals surface area (Å²) in [6.45, 7) is 21.3. The summed E-state index contributed by atoms with van der Waals surface area (Å²) in [4.78, 5) is 21.9. The average molecular weight is 512 g/mol. The molecule has 3 aliphatic rings. The quantitative estimate of drug-likeness (QED) is 0.350. The highest BCUT2D eigenvalue weighted by atomic mass is 16.6. The number of carbonyl (C=O) groups excluding carboxylic acids is 1. The second-order valence-corrected chi connectivity index (χ2v) is 11.5. The van der Waals surface area contributed by atoms with Crippen LogP contribution in [0.3, 0.4) is 0 Å². The van der Waals surface area contributed by atoms with Crippen LogP contribution in [0.25, 0.3) is 0 Å². The maximum atomic E-state index is 12.6. The van der Waals surface area contributed by atoms with Crippen molar-refractivity contribution in [2.24, 2.45) is 10.9 Å². The van der Waals surface area contributed by atoms with Gasteiger partial charge in [-0.15, -0.1) is 0 Å². The lowest BCUT2D eigenvalue weighted by molar-refractivity contribution is 0.0101. The molecular weight excluding hydrogens is 458 g/mol. The van der Waals surface area contributed by atoms with Crippen molar-refractivity contribution in [3.8, 4) is 0 Å². The molecule has 0 aromatic heterocycles. The standard InChI is InChI=1S/C30H47N3O2.C2H6/c1-8-9-15-31-27-20-26(19-25-13-11-10-12-14-25)18-22(2)28(27)24(4)33-17-16-32(21-23(33)3)29(34)35-30(5,6)7;1-2/h8-9,18,20,23,25H,10-17,19,21H2,1-7H3;1-2H3/b9-8-,28-24+,31-27?;/t23-;/m0./s1. The van der Waals surface area contributed by atoms with E-state index in [-0.39, 0.29) is 12.1 Å². The Morgan fingerprint density at radius 2 is 1.81 bits per heavy atom. The summed E-state index contributed by atoms with van der Waals surface area (Å²) in [6, 6.07) is 0.209. The first kappa shape index (κ1) is 30.9. The number of hydrogen-bond acceptors (Lipinski definition) is 4. The molecule has 37 heavy (non-hydrogen) atoms. The molecule has 0 bridgehead atoms. The van der Waals surface area contributed by atoms with Gasteiger partial charge >= 0.3 is 6.09 Å². The number of amides is 1. The molecule has 1 amide bonds. The number of carbonyl (C=O) groups is 1. The van der Waals surface area contributed by atoms with Crippen LogP contribution in [-0.4, -0.2) is 59.4 Å². The van der Waals surface area contributed by atoms with Crippen molar-refractivity contribution < 1.29 is 9.53 Å². The molecule has 1 saturated carbocycles. The van der Waals surface area contributed by atoms with Crippen molar-refractivity contribution >= 4 is 11.8 Å². The Hall–Kier alpha value is -2.30. The first-order chi connectivity index (χ1) is 17.6. The second-order valence-electron chi connectivity index (χ2n) is 11.5. The smallest absolute Gasteiger partial charge is 0.410 e. The van der Waals surface area contributed by atoms with Crippen LogP contribution in [0.2, 0.25) is 0 Å².